The summed E-state index contributed by atoms with van der Waals surface area (Å²) in [6.45, 7) is -0.340. The molecule has 1 aliphatic rings. The Hall–Kier alpha value is -2.75. The Morgan fingerprint density at radius 2 is 2.19 bits per heavy atom. The minimum Gasteiger partial charge on any atom is -0.496 e. The van der Waals surface area contributed by atoms with Crippen LogP contribution in [0.4, 0.5) is 5.82 Å². The number of carbonyl (C=O) groups is 1. The Kier molecular flexibility index (Phi) is 5.31. The second-order valence-corrected chi connectivity index (χ2v) is 5.77. The molecule has 0 bridgehead atoms. The lowest BCUT2D eigenvalue weighted by atomic mass is 10.2. The first kappa shape index (κ1) is 18.1. The number of benzene rings is 1. The number of nitrogens with zero attached hydrogens (tertiary/aromatic N) is 2. The van der Waals surface area contributed by atoms with Crippen molar-refractivity contribution < 1.29 is 24.5 Å². The van der Waals surface area contributed by atoms with Gasteiger partial charge < -0.3 is 25.0 Å². The molecule has 0 unspecified atom stereocenters. The maximum Gasteiger partial charge on any atom is 0.351 e. The Morgan fingerprint density at radius 1 is 1.42 bits per heavy atom. The summed E-state index contributed by atoms with van der Waals surface area (Å²) in [4.78, 5) is 28.4. The molecule has 3 rings (SSSR count). The average molecular weight is 361 g/mol. The predicted octanol–water partition coefficient (Wildman–Crippen LogP) is 0.145. The molecule has 9 nitrogen and oxygen atoms in total. The fourth-order valence-electron chi connectivity index (χ4n) is 2.77. The summed E-state index contributed by atoms with van der Waals surface area (Å²) in [5.74, 6) is 0.0288. The van der Waals surface area contributed by atoms with E-state index in [0.717, 1.165) is 0 Å². The van der Waals surface area contributed by atoms with Gasteiger partial charge in [0.25, 0.3) is 5.91 Å². The standard InChI is InChI=1S/C17H19N3O6/c1-25-12-5-3-2-4-10(12)16(23)18-14-6-7-20(17(24)19-14)15-8-11(22)13(9-21)26-15/h2-7,11,13,15,21-22H,8-9H2,1H3,(H,18,19,23,24)/t11-,13+,15+/m0/s1. The van der Waals surface area contributed by atoms with Gasteiger partial charge in [-0.3, -0.25) is 9.36 Å². The minimum absolute atomic E-state index is 0.0828. The van der Waals surface area contributed by atoms with Crippen molar-refractivity contribution in [1.82, 2.24) is 9.55 Å². The third kappa shape index (κ3) is 3.59. The van der Waals surface area contributed by atoms with Crippen LogP contribution in [0.1, 0.15) is 23.0 Å². The lowest BCUT2D eigenvalue weighted by Crippen LogP contribution is -2.28. The van der Waals surface area contributed by atoms with E-state index in [2.05, 4.69) is 10.3 Å². The van der Waals surface area contributed by atoms with Crippen molar-refractivity contribution >= 4 is 11.7 Å². The van der Waals surface area contributed by atoms with Gasteiger partial charge in [-0.2, -0.15) is 4.98 Å². The first-order valence-corrected chi connectivity index (χ1v) is 8.01. The molecule has 1 aromatic heterocycles. The van der Waals surface area contributed by atoms with Crippen molar-refractivity contribution in [2.24, 2.45) is 0 Å². The van der Waals surface area contributed by atoms with Crippen molar-refractivity contribution in [2.75, 3.05) is 19.0 Å². The van der Waals surface area contributed by atoms with Crippen LogP contribution in [0.5, 0.6) is 5.75 Å². The summed E-state index contributed by atoms with van der Waals surface area (Å²) in [5.41, 5.74) is -0.326. The molecule has 3 N–H and O–H groups in total. The van der Waals surface area contributed by atoms with Gasteiger partial charge in [-0.1, -0.05) is 12.1 Å². The molecule has 0 aliphatic carbocycles. The van der Waals surface area contributed by atoms with Gasteiger partial charge >= 0.3 is 5.69 Å². The molecule has 1 fully saturated rings. The third-order valence-electron chi connectivity index (χ3n) is 4.12. The molecular weight excluding hydrogens is 342 g/mol. The quantitative estimate of drug-likeness (QED) is 0.692. The van der Waals surface area contributed by atoms with Crippen molar-refractivity contribution in [2.45, 2.75) is 24.9 Å². The summed E-state index contributed by atoms with van der Waals surface area (Å²) in [6, 6.07) is 8.14. The molecule has 3 atom stereocenters. The van der Waals surface area contributed by atoms with Gasteiger partial charge in [-0.05, 0) is 18.2 Å². The summed E-state index contributed by atoms with van der Waals surface area (Å²) >= 11 is 0. The molecule has 26 heavy (non-hydrogen) atoms. The third-order valence-corrected chi connectivity index (χ3v) is 4.12. The van der Waals surface area contributed by atoms with Crippen LogP contribution in [0.25, 0.3) is 0 Å². The van der Waals surface area contributed by atoms with E-state index in [0.29, 0.717) is 11.3 Å². The number of hydrogen-bond donors (Lipinski definition) is 3. The van der Waals surface area contributed by atoms with Crippen LogP contribution >= 0.6 is 0 Å². The van der Waals surface area contributed by atoms with Gasteiger partial charge in [0.1, 0.15) is 23.9 Å². The number of hydrogen-bond acceptors (Lipinski definition) is 7. The van der Waals surface area contributed by atoms with E-state index in [1.165, 1.54) is 23.9 Å². The molecule has 2 heterocycles. The van der Waals surface area contributed by atoms with Gasteiger partial charge in [-0.15, -0.1) is 0 Å². The fraction of sp³-hybridized carbons (Fsp3) is 0.353. The van der Waals surface area contributed by atoms with Crippen LogP contribution in [0.15, 0.2) is 41.3 Å². The van der Waals surface area contributed by atoms with Crippen molar-refractivity contribution in [1.29, 1.82) is 0 Å². The molecule has 0 saturated carbocycles. The van der Waals surface area contributed by atoms with E-state index in [9.17, 15) is 14.7 Å². The first-order chi connectivity index (χ1) is 12.5. The number of aliphatic hydroxyl groups is 2. The summed E-state index contributed by atoms with van der Waals surface area (Å²) < 4.78 is 11.8. The maximum absolute atomic E-state index is 12.3. The summed E-state index contributed by atoms with van der Waals surface area (Å²) in [5, 5.41) is 21.4. The van der Waals surface area contributed by atoms with Gasteiger partial charge in [-0.25, -0.2) is 4.79 Å². The highest BCUT2D eigenvalue weighted by Gasteiger charge is 2.34. The topological polar surface area (TPSA) is 123 Å². The molecule has 0 radical (unpaired) electrons. The normalized spacial score (nSPS) is 22.2. The fourth-order valence-corrected chi connectivity index (χ4v) is 2.77. The number of methoxy groups -OCH3 is 1. The molecule has 0 spiro atoms. The number of aliphatic hydroxyl groups excluding tert-OH is 2. The van der Waals surface area contributed by atoms with Gasteiger partial charge in [0.05, 0.1) is 25.4 Å². The van der Waals surface area contributed by atoms with E-state index in [4.69, 9.17) is 14.6 Å². The average Bonchev–Trinajstić information content (AvgIpc) is 3.02. The number of carbonyl (C=O) groups excluding carboxylic acids is 1. The molecule has 138 valence electrons. The van der Waals surface area contributed by atoms with Crippen LogP contribution in [0.2, 0.25) is 0 Å². The predicted molar refractivity (Wildman–Crippen MR) is 91.1 cm³/mol. The Bertz CT molecular complexity index is 852. The van der Waals surface area contributed by atoms with Crippen LogP contribution in [-0.2, 0) is 4.74 Å². The highest BCUT2D eigenvalue weighted by Crippen LogP contribution is 2.27. The van der Waals surface area contributed by atoms with E-state index in [1.807, 2.05) is 0 Å². The Morgan fingerprint density at radius 3 is 2.85 bits per heavy atom. The van der Waals surface area contributed by atoms with Crippen LogP contribution in [-0.4, -0.2) is 51.6 Å². The Labute approximate surface area is 148 Å². The van der Waals surface area contributed by atoms with Gasteiger partial charge in [0, 0.05) is 12.6 Å². The summed E-state index contributed by atoms with van der Waals surface area (Å²) in [6.07, 6.45) is -0.732. The van der Waals surface area contributed by atoms with Crippen molar-refractivity contribution in [3.63, 3.8) is 0 Å². The van der Waals surface area contributed by atoms with Crippen LogP contribution in [0, 0.1) is 0 Å². The molecule has 1 saturated heterocycles. The van der Waals surface area contributed by atoms with E-state index >= 15 is 0 Å². The molecule has 1 amide bonds. The summed E-state index contributed by atoms with van der Waals surface area (Å²) in [7, 11) is 1.46. The zero-order valence-electron chi connectivity index (χ0n) is 14.0. The number of para-hydroxylation sites is 1. The van der Waals surface area contributed by atoms with E-state index < -0.39 is 30.0 Å². The zero-order chi connectivity index (χ0) is 18.7. The van der Waals surface area contributed by atoms with Gasteiger partial charge in [0.15, 0.2) is 0 Å². The molecule has 2 aromatic rings. The number of aromatic nitrogens is 2. The van der Waals surface area contributed by atoms with Crippen LogP contribution in [0.3, 0.4) is 0 Å². The number of rotatable bonds is 5. The van der Waals surface area contributed by atoms with Crippen LogP contribution < -0.4 is 15.7 Å². The van der Waals surface area contributed by atoms with Crippen molar-refractivity contribution in [3.05, 3.63) is 52.6 Å². The highest BCUT2D eigenvalue weighted by molar-refractivity contribution is 6.05. The Balaban J connectivity index is 1.76. The molecule has 9 heteroatoms. The second-order valence-electron chi connectivity index (χ2n) is 5.77. The zero-order valence-corrected chi connectivity index (χ0v) is 14.0. The van der Waals surface area contributed by atoms with E-state index in [1.54, 1.807) is 24.3 Å². The number of anilines is 1. The van der Waals surface area contributed by atoms with Crippen molar-refractivity contribution in [3.8, 4) is 5.75 Å². The molecular formula is C17H19N3O6. The smallest absolute Gasteiger partial charge is 0.351 e. The lowest BCUT2D eigenvalue weighted by Gasteiger charge is -2.14. The molecule has 1 aliphatic heterocycles. The maximum atomic E-state index is 12.3. The van der Waals surface area contributed by atoms with E-state index in [-0.39, 0.29) is 18.8 Å². The lowest BCUT2D eigenvalue weighted by molar-refractivity contribution is -0.0458. The number of amides is 1. The monoisotopic (exact) mass is 361 g/mol. The van der Waals surface area contributed by atoms with Gasteiger partial charge in [0.2, 0.25) is 0 Å². The number of nitrogens with one attached hydrogen (secondary N) is 1. The first-order valence-electron chi connectivity index (χ1n) is 8.01. The largest absolute Gasteiger partial charge is 0.496 e. The number of ether oxygens (including phenoxy) is 2. The molecule has 1 aromatic carbocycles. The SMILES string of the molecule is COc1ccccc1C(=O)Nc1ccn([C@H]2C[C@H](O)[C@@H](CO)O2)c(=O)n1. The second kappa shape index (κ2) is 7.65. The minimum atomic E-state index is -0.859. The highest BCUT2D eigenvalue weighted by atomic mass is 16.5.